The molecule has 0 aliphatic heterocycles. The van der Waals surface area contributed by atoms with E-state index in [2.05, 4.69) is 66.1 Å². The summed E-state index contributed by atoms with van der Waals surface area (Å²) in [4.78, 5) is 12.3. The SMILES string of the molecule is CCOC(=O)Cc1c(C)n(Cc2ccccc2-c2ccccc2)c2ccc(OC)cc12. The summed E-state index contributed by atoms with van der Waals surface area (Å²) < 4.78 is 13.0. The minimum absolute atomic E-state index is 0.211. The first kappa shape index (κ1) is 20.7. The Balaban J connectivity index is 1.82. The van der Waals surface area contributed by atoms with Gasteiger partial charge in [-0.15, -0.1) is 0 Å². The molecule has 0 N–H and O–H groups in total. The van der Waals surface area contributed by atoms with Crippen LogP contribution in [-0.2, 0) is 22.5 Å². The van der Waals surface area contributed by atoms with Crippen molar-refractivity contribution < 1.29 is 14.3 Å². The average Bonchev–Trinajstić information content (AvgIpc) is 3.05. The van der Waals surface area contributed by atoms with Crippen molar-refractivity contribution in [1.29, 1.82) is 0 Å². The third-order valence-electron chi connectivity index (χ3n) is 5.72. The molecule has 3 aromatic carbocycles. The number of carbonyl (C=O) groups is 1. The van der Waals surface area contributed by atoms with Crippen LogP contribution in [-0.4, -0.2) is 24.3 Å². The van der Waals surface area contributed by atoms with E-state index in [0.29, 0.717) is 13.2 Å². The zero-order valence-electron chi connectivity index (χ0n) is 18.2. The summed E-state index contributed by atoms with van der Waals surface area (Å²) in [5.74, 6) is 0.566. The van der Waals surface area contributed by atoms with Crippen LogP contribution in [0.2, 0.25) is 0 Å². The maximum atomic E-state index is 12.3. The Bertz CT molecular complexity index is 1210. The van der Waals surface area contributed by atoms with E-state index < -0.39 is 0 Å². The summed E-state index contributed by atoms with van der Waals surface area (Å²) >= 11 is 0. The molecule has 4 rings (SSSR count). The number of hydrogen-bond donors (Lipinski definition) is 0. The van der Waals surface area contributed by atoms with Gasteiger partial charge in [-0.05, 0) is 54.3 Å². The molecule has 0 unspecified atom stereocenters. The van der Waals surface area contributed by atoms with Crippen LogP contribution in [0.1, 0.15) is 23.7 Å². The van der Waals surface area contributed by atoms with Crippen molar-refractivity contribution in [3.05, 3.63) is 89.6 Å². The second kappa shape index (κ2) is 9.09. The van der Waals surface area contributed by atoms with Gasteiger partial charge in [-0.2, -0.15) is 0 Å². The zero-order chi connectivity index (χ0) is 21.8. The van der Waals surface area contributed by atoms with Crippen LogP contribution < -0.4 is 4.74 Å². The Morgan fingerprint density at radius 2 is 1.71 bits per heavy atom. The minimum Gasteiger partial charge on any atom is -0.497 e. The first-order valence-electron chi connectivity index (χ1n) is 10.6. The standard InChI is InChI=1S/C27H27NO3/c1-4-31-27(29)17-24-19(2)28(26-15-14-22(30-3)16-25(24)26)18-21-12-8-9-13-23(21)20-10-6-5-7-11-20/h5-16H,4,17-18H2,1-3H3. The Morgan fingerprint density at radius 3 is 2.45 bits per heavy atom. The number of aromatic nitrogens is 1. The van der Waals surface area contributed by atoms with Gasteiger partial charge >= 0.3 is 5.97 Å². The van der Waals surface area contributed by atoms with Gasteiger partial charge in [0.25, 0.3) is 0 Å². The second-order valence-electron chi connectivity index (χ2n) is 7.54. The lowest BCUT2D eigenvalue weighted by Gasteiger charge is -2.14. The van der Waals surface area contributed by atoms with Crippen LogP contribution >= 0.6 is 0 Å². The van der Waals surface area contributed by atoms with Gasteiger partial charge in [0, 0.05) is 23.1 Å². The van der Waals surface area contributed by atoms with Gasteiger partial charge in [0.15, 0.2) is 0 Å². The zero-order valence-corrected chi connectivity index (χ0v) is 18.2. The fourth-order valence-corrected chi connectivity index (χ4v) is 4.17. The van der Waals surface area contributed by atoms with Crippen LogP contribution in [0.4, 0.5) is 0 Å². The van der Waals surface area contributed by atoms with Crippen molar-refractivity contribution in [2.75, 3.05) is 13.7 Å². The summed E-state index contributed by atoms with van der Waals surface area (Å²) in [7, 11) is 1.66. The topological polar surface area (TPSA) is 40.5 Å². The van der Waals surface area contributed by atoms with Crippen LogP contribution in [0.15, 0.2) is 72.8 Å². The Kier molecular flexibility index (Phi) is 6.08. The van der Waals surface area contributed by atoms with Gasteiger partial charge in [0.05, 0.1) is 20.1 Å². The molecule has 0 amide bonds. The van der Waals surface area contributed by atoms with E-state index in [1.54, 1.807) is 7.11 Å². The maximum Gasteiger partial charge on any atom is 0.310 e. The van der Waals surface area contributed by atoms with E-state index in [9.17, 15) is 4.79 Å². The summed E-state index contributed by atoms with van der Waals surface area (Å²) in [6.07, 6.45) is 0.247. The highest BCUT2D eigenvalue weighted by Crippen LogP contribution is 2.32. The van der Waals surface area contributed by atoms with E-state index >= 15 is 0 Å². The fourth-order valence-electron chi connectivity index (χ4n) is 4.17. The molecule has 0 aliphatic rings. The Labute approximate surface area is 183 Å². The monoisotopic (exact) mass is 413 g/mol. The quantitative estimate of drug-likeness (QED) is 0.361. The number of esters is 1. The van der Waals surface area contributed by atoms with Gasteiger partial charge in [0.1, 0.15) is 5.75 Å². The van der Waals surface area contributed by atoms with E-state index in [1.165, 1.54) is 16.7 Å². The highest BCUT2D eigenvalue weighted by Gasteiger charge is 2.19. The predicted octanol–water partition coefficient (Wildman–Crippen LogP) is 5.78. The van der Waals surface area contributed by atoms with Crippen molar-refractivity contribution in [2.45, 2.75) is 26.8 Å². The molecule has 0 aliphatic carbocycles. The lowest BCUT2D eigenvalue weighted by Crippen LogP contribution is -2.09. The highest BCUT2D eigenvalue weighted by atomic mass is 16.5. The first-order valence-corrected chi connectivity index (χ1v) is 10.6. The van der Waals surface area contributed by atoms with Crippen LogP contribution in [0, 0.1) is 6.92 Å². The van der Waals surface area contributed by atoms with E-state index in [1.807, 2.05) is 25.1 Å². The molecule has 31 heavy (non-hydrogen) atoms. The van der Waals surface area contributed by atoms with Gasteiger partial charge in [-0.25, -0.2) is 0 Å². The lowest BCUT2D eigenvalue weighted by molar-refractivity contribution is -0.142. The largest absolute Gasteiger partial charge is 0.497 e. The highest BCUT2D eigenvalue weighted by molar-refractivity contribution is 5.90. The number of nitrogens with zero attached hydrogens (tertiary/aromatic N) is 1. The van der Waals surface area contributed by atoms with E-state index in [4.69, 9.17) is 9.47 Å². The number of benzene rings is 3. The van der Waals surface area contributed by atoms with Gasteiger partial charge in [0.2, 0.25) is 0 Å². The van der Waals surface area contributed by atoms with Gasteiger partial charge < -0.3 is 14.0 Å². The number of ether oxygens (including phenoxy) is 2. The van der Waals surface area contributed by atoms with Gasteiger partial charge in [-0.3, -0.25) is 4.79 Å². The molecular formula is C27H27NO3. The van der Waals surface area contributed by atoms with E-state index in [-0.39, 0.29) is 12.4 Å². The van der Waals surface area contributed by atoms with Crippen molar-refractivity contribution in [1.82, 2.24) is 4.57 Å². The number of carbonyl (C=O) groups excluding carboxylic acids is 1. The van der Waals surface area contributed by atoms with Crippen LogP contribution in [0.25, 0.3) is 22.0 Å². The molecule has 4 aromatic rings. The van der Waals surface area contributed by atoms with Crippen LogP contribution in [0.3, 0.4) is 0 Å². The smallest absolute Gasteiger partial charge is 0.310 e. The van der Waals surface area contributed by atoms with Crippen molar-refractivity contribution in [2.24, 2.45) is 0 Å². The molecule has 158 valence electrons. The summed E-state index contributed by atoms with van der Waals surface area (Å²) in [6.45, 7) is 5.00. The molecule has 0 radical (unpaired) electrons. The Hall–Kier alpha value is -3.53. The fraction of sp³-hybridized carbons (Fsp3) is 0.222. The van der Waals surface area contributed by atoms with Crippen molar-refractivity contribution in [3.63, 3.8) is 0 Å². The molecule has 0 saturated heterocycles. The molecule has 0 fully saturated rings. The number of hydrogen-bond acceptors (Lipinski definition) is 3. The van der Waals surface area contributed by atoms with Crippen molar-refractivity contribution >= 4 is 16.9 Å². The maximum absolute atomic E-state index is 12.3. The third kappa shape index (κ3) is 4.19. The predicted molar refractivity (Wildman–Crippen MR) is 125 cm³/mol. The molecule has 0 atom stereocenters. The van der Waals surface area contributed by atoms with E-state index in [0.717, 1.165) is 27.9 Å². The molecule has 1 heterocycles. The van der Waals surface area contributed by atoms with Crippen molar-refractivity contribution in [3.8, 4) is 16.9 Å². The summed E-state index contributed by atoms with van der Waals surface area (Å²) in [5, 5.41) is 1.03. The summed E-state index contributed by atoms with van der Waals surface area (Å²) in [6, 6.07) is 25.0. The second-order valence-corrected chi connectivity index (χ2v) is 7.54. The third-order valence-corrected chi connectivity index (χ3v) is 5.72. The van der Waals surface area contributed by atoms with Gasteiger partial charge in [-0.1, -0.05) is 54.6 Å². The molecule has 4 nitrogen and oxygen atoms in total. The summed E-state index contributed by atoms with van der Waals surface area (Å²) in [5.41, 5.74) is 6.78. The molecule has 0 bridgehead atoms. The van der Waals surface area contributed by atoms with Crippen LogP contribution in [0.5, 0.6) is 5.75 Å². The molecule has 0 saturated carbocycles. The lowest BCUT2D eigenvalue weighted by atomic mass is 9.99. The number of rotatable bonds is 7. The minimum atomic E-state index is -0.211. The average molecular weight is 414 g/mol. The number of fused-ring (bicyclic) bond motifs is 1. The Morgan fingerprint density at radius 1 is 0.968 bits per heavy atom. The normalized spacial score (nSPS) is 10.9. The number of methoxy groups -OCH3 is 1. The molecule has 0 spiro atoms. The first-order chi connectivity index (χ1) is 15.1. The molecule has 1 aromatic heterocycles. The molecule has 4 heteroatoms. The molecular weight excluding hydrogens is 386 g/mol.